The van der Waals surface area contributed by atoms with Crippen molar-refractivity contribution in [3.05, 3.63) is 53.8 Å². The molecule has 0 unspecified atom stereocenters. The molecule has 24 heavy (non-hydrogen) atoms. The van der Waals surface area contributed by atoms with E-state index < -0.39 is 0 Å². The Hall–Kier alpha value is -2.76. The highest BCUT2D eigenvalue weighted by Gasteiger charge is 2.40. The minimum Gasteiger partial charge on any atom is -0.497 e. The topological polar surface area (TPSA) is 68.9 Å². The van der Waals surface area contributed by atoms with Gasteiger partial charge in [0.25, 0.3) is 0 Å². The molecule has 1 aliphatic rings. The number of anilines is 1. The molecule has 0 aliphatic heterocycles. The Balaban J connectivity index is 1.71. The normalized spacial score (nSPS) is 19.7. The highest BCUT2D eigenvalue weighted by Crippen LogP contribution is 2.44. The van der Waals surface area contributed by atoms with E-state index in [0.29, 0.717) is 22.7 Å². The van der Waals surface area contributed by atoms with Crippen LogP contribution in [-0.4, -0.2) is 26.2 Å². The molecule has 2 aromatic carbocycles. The smallest absolute Gasteiger partial charge is 0.193 e. The molecule has 0 aromatic heterocycles. The predicted molar refractivity (Wildman–Crippen MR) is 92.3 cm³/mol. The summed E-state index contributed by atoms with van der Waals surface area (Å²) in [5.74, 6) is 1.47. The molecule has 0 saturated heterocycles. The van der Waals surface area contributed by atoms with Gasteiger partial charge in [0.05, 0.1) is 25.9 Å². The molecule has 1 saturated carbocycles. The molecule has 3 rings (SSSR count). The van der Waals surface area contributed by atoms with Gasteiger partial charge in [-0.3, -0.25) is 0 Å². The van der Waals surface area contributed by atoms with Gasteiger partial charge >= 0.3 is 0 Å². The van der Waals surface area contributed by atoms with E-state index in [-0.39, 0.29) is 23.7 Å². The summed E-state index contributed by atoms with van der Waals surface area (Å²) in [6.07, 6.45) is 0.790. The van der Waals surface area contributed by atoms with Crippen LogP contribution in [0.3, 0.4) is 0 Å². The first-order valence-electron chi connectivity index (χ1n) is 7.69. The number of nitrogens with two attached hydrogens (primary N) is 1. The van der Waals surface area contributed by atoms with E-state index in [9.17, 15) is 4.39 Å². The molecule has 5 nitrogen and oxygen atoms in total. The fourth-order valence-electron chi connectivity index (χ4n) is 2.69. The van der Waals surface area contributed by atoms with Crippen molar-refractivity contribution in [1.82, 2.24) is 0 Å². The van der Waals surface area contributed by atoms with Crippen molar-refractivity contribution < 1.29 is 13.9 Å². The van der Waals surface area contributed by atoms with E-state index in [2.05, 4.69) is 10.3 Å². The van der Waals surface area contributed by atoms with Crippen LogP contribution in [0.1, 0.15) is 17.9 Å². The number of rotatable bonds is 5. The van der Waals surface area contributed by atoms with Crippen LogP contribution in [0, 0.1) is 5.82 Å². The van der Waals surface area contributed by atoms with Crippen LogP contribution in [-0.2, 0) is 0 Å². The summed E-state index contributed by atoms with van der Waals surface area (Å²) in [7, 11) is 3.17. The molecule has 126 valence electrons. The van der Waals surface area contributed by atoms with Crippen LogP contribution >= 0.6 is 0 Å². The first kappa shape index (κ1) is 16.1. The van der Waals surface area contributed by atoms with Gasteiger partial charge in [-0.2, -0.15) is 0 Å². The quantitative estimate of drug-likeness (QED) is 0.653. The van der Waals surface area contributed by atoms with Crippen LogP contribution in [0.2, 0.25) is 0 Å². The van der Waals surface area contributed by atoms with Crippen molar-refractivity contribution in [2.75, 3.05) is 19.5 Å². The van der Waals surface area contributed by atoms with E-state index in [1.54, 1.807) is 44.6 Å². The molecule has 0 bridgehead atoms. The number of guanidine groups is 1. The SMILES string of the molecule is COc1ccc(OC)c(NC(N)=N[C@@H]2C[C@H]2c2ccccc2F)c1. The van der Waals surface area contributed by atoms with E-state index in [1.165, 1.54) is 6.07 Å². The van der Waals surface area contributed by atoms with Crippen LogP contribution in [0.15, 0.2) is 47.5 Å². The molecular formula is C18H20FN3O2. The Morgan fingerprint density at radius 2 is 2.00 bits per heavy atom. The fraction of sp³-hybridized carbons (Fsp3) is 0.278. The number of aliphatic imine (C=N–C) groups is 1. The Labute approximate surface area is 140 Å². The number of nitrogens with zero attached hydrogens (tertiary/aromatic N) is 1. The van der Waals surface area contributed by atoms with Gasteiger partial charge in [-0.05, 0) is 30.2 Å². The predicted octanol–water partition coefficient (Wildman–Crippen LogP) is 3.13. The van der Waals surface area contributed by atoms with Crippen LogP contribution < -0.4 is 20.5 Å². The average molecular weight is 329 g/mol. The molecule has 0 amide bonds. The monoisotopic (exact) mass is 329 g/mol. The van der Waals surface area contributed by atoms with Crippen LogP contribution in [0.5, 0.6) is 11.5 Å². The molecule has 1 aliphatic carbocycles. The maximum Gasteiger partial charge on any atom is 0.193 e. The maximum atomic E-state index is 13.8. The number of ether oxygens (including phenoxy) is 2. The van der Waals surface area contributed by atoms with Crippen molar-refractivity contribution in [2.24, 2.45) is 10.7 Å². The second-order valence-corrected chi connectivity index (χ2v) is 5.64. The van der Waals surface area contributed by atoms with Crippen molar-refractivity contribution in [1.29, 1.82) is 0 Å². The molecule has 3 N–H and O–H groups in total. The van der Waals surface area contributed by atoms with Gasteiger partial charge in [-0.25, -0.2) is 9.38 Å². The zero-order valence-corrected chi connectivity index (χ0v) is 13.6. The lowest BCUT2D eigenvalue weighted by Crippen LogP contribution is -2.23. The maximum absolute atomic E-state index is 13.8. The standard InChI is InChI=1S/C18H20FN3O2/c1-23-11-7-8-17(24-2)16(9-11)22-18(20)21-15-10-13(15)12-5-3-4-6-14(12)19/h3-9,13,15H,10H2,1-2H3,(H3,20,21,22)/t13-,15+/m0/s1. The fourth-order valence-corrected chi connectivity index (χ4v) is 2.69. The lowest BCUT2D eigenvalue weighted by Gasteiger charge is -2.12. The Bertz CT molecular complexity index is 764. The summed E-state index contributed by atoms with van der Waals surface area (Å²) in [5, 5.41) is 3.02. The third-order valence-electron chi connectivity index (χ3n) is 4.04. The largest absolute Gasteiger partial charge is 0.497 e. The molecule has 0 heterocycles. The lowest BCUT2D eigenvalue weighted by atomic mass is 10.1. The number of benzene rings is 2. The first-order chi connectivity index (χ1) is 11.6. The van der Waals surface area contributed by atoms with Crippen LogP contribution in [0.25, 0.3) is 0 Å². The summed E-state index contributed by atoms with van der Waals surface area (Å²) in [6.45, 7) is 0. The number of hydrogen-bond donors (Lipinski definition) is 2. The Kier molecular flexibility index (Phi) is 4.55. The zero-order chi connectivity index (χ0) is 17.1. The summed E-state index contributed by atoms with van der Waals surface area (Å²) in [6, 6.07) is 12.1. The van der Waals surface area contributed by atoms with Gasteiger partial charge in [-0.1, -0.05) is 18.2 Å². The third-order valence-corrected chi connectivity index (χ3v) is 4.04. The zero-order valence-electron chi connectivity index (χ0n) is 13.6. The van der Waals surface area contributed by atoms with Gasteiger partial charge in [0.2, 0.25) is 0 Å². The van der Waals surface area contributed by atoms with Gasteiger partial charge in [0, 0.05) is 12.0 Å². The van der Waals surface area contributed by atoms with E-state index in [0.717, 1.165) is 6.42 Å². The van der Waals surface area contributed by atoms with Gasteiger partial charge in [0.1, 0.15) is 17.3 Å². The Morgan fingerprint density at radius 1 is 1.21 bits per heavy atom. The number of halogens is 1. The lowest BCUT2D eigenvalue weighted by molar-refractivity contribution is 0.405. The molecule has 0 spiro atoms. The van der Waals surface area contributed by atoms with E-state index in [4.69, 9.17) is 15.2 Å². The van der Waals surface area contributed by atoms with Crippen molar-refractivity contribution in [3.63, 3.8) is 0 Å². The highest BCUT2D eigenvalue weighted by atomic mass is 19.1. The van der Waals surface area contributed by atoms with Gasteiger partial charge in [0.15, 0.2) is 5.96 Å². The minimum atomic E-state index is -0.193. The molecule has 6 heteroatoms. The molecular weight excluding hydrogens is 309 g/mol. The number of nitrogens with one attached hydrogen (secondary N) is 1. The highest BCUT2D eigenvalue weighted by molar-refractivity contribution is 5.94. The van der Waals surface area contributed by atoms with Crippen molar-refractivity contribution in [2.45, 2.75) is 18.4 Å². The van der Waals surface area contributed by atoms with Crippen LogP contribution in [0.4, 0.5) is 10.1 Å². The van der Waals surface area contributed by atoms with Crippen molar-refractivity contribution >= 4 is 11.6 Å². The molecule has 2 aromatic rings. The summed E-state index contributed by atoms with van der Waals surface area (Å²) < 4.78 is 24.3. The minimum absolute atomic E-state index is 0.00833. The van der Waals surface area contributed by atoms with Gasteiger partial charge in [-0.15, -0.1) is 0 Å². The van der Waals surface area contributed by atoms with E-state index >= 15 is 0 Å². The van der Waals surface area contributed by atoms with E-state index in [1.807, 2.05) is 6.07 Å². The Morgan fingerprint density at radius 3 is 2.71 bits per heavy atom. The number of hydrogen-bond acceptors (Lipinski definition) is 3. The molecule has 0 radical (unpaired) electrons. The third kappa shape index (κ3) is 3.42. The average Bonchev–Trinajstić information content (AvgIpc) is 3.33. The summed E-state index contributed by atoms with van der Waals surface area (Å²) in [5.41, 5.74) is 7.35. The summed E-state index contributed by atoms with van der Waals surface area (Å²) in [4.78, 5) is 4.43. The first-order valence-corrected chi connectivity index (χ1v) is 7.69. The second-order valence-electron chi connectivity index (χ2n) is 5.64. The molecule has 1 fully saturated rings. The number of methoxy groups -OCH3 is 2. The second kappa shape index (κ2) is 6.78. The van der Waals surface area contributed by atoms with Crippen molar-refractivity contribution in [3.8, 4) is 11.5 Å². The van der Waals surface area contributed by atoms with Gasteiger partial charge < -0.3 is 20.5 Å². The molecule has 2 atom stereocenters. The summed E-state index contributed by atoms with van der Waals surface area (Å²) >= 11 is 0.